The highest BCUT2D eigenvalue weighted by atomic mass is 16.5. The van der Waals surface area contributed by atoms with E-state index < -0.39 is 11.8 Å². The molecule has 0 saturated carbocycles. The molecule has 12 heteroatoms. The van der Waals surface area contributed by atoms with Crippen LogP contribution in [0.5, 0.6) is 46.0 Å². The van der Waals surface area contributed by atoms with E-state index in [-0.39, 0.29) is 71.1 Å². The van der Waals surface area contributed by atoms with Gasteiger partial charge in [0.25, 0.3) is 0 Å². The van der Waals surface area contributed by atoms with Crippen molar-refractivity contribution in [2.75, 3.05) is 55.9 Å². The first-order valence-corrected chi connectivity index (χ1v) is 17.7. The summed E-state index contributed by atoms with van der Waals surface area (Å²) in [4.78, 5) is 26.2. The van der Waals surface area contributed by atoms with Gasteiger partial charge < -0.3 is 48.1 Å². The van der Waals surface area contributed by atoms with Crippen LogP contribution in [-0.2, 0) is 44.7 Å². The van der Waals surface area contributed by atoms with E-state index in [2.05, 4.69) is 0 Å². The molecule has 286 valence electrons. The van der Waals surface area contributed by atoms with Gasteiger partial charge in [-0.15, -0.1) is 0 Å². The van der Waals surface area contributed by atoms with Gasteiger partial charge in [0.05, 0.1) is 67.7 Å². The summed E-state index contributed by atoms with van der Waals surface area (Å²) in [5.74, 6) is 0.519. The zero-order valence-corrected chi connectivity index (χ0v) is 31.3. The molecule has 4 atom stereocenters. The molecule has 0 aromatic heterocycles. The number of esters is 2. The molecule has 2 heterocycles. The lowest BCUT2D eigenvalue weighted by atomic mass is 9.83. The molecule has 0 unspecified atom stereocenters. The first-order chi connectivity index (χ1) is 26.1. The van der Waals surface area contributed by atoms with Crippen molar-refractivity contribution in [1.29, 1.82) is 0 Å². The van der Waals surface area contributed by atoms with Gasteiger partial charge in [0, 0.05) is 23.0 Å². The van der Waals surface area contributed by atoms with Crippen LogP contribution in [-0.4, -0.2) is 78.0 Å². The lowest BCUT2D eigenvalue weighted by Crippen LogP contribution is -2.21. The highest BCUT2D eigenvalue weighted by Crippen LogP contribution is 2.47. The lowest BCUT2D eigenvalue weighted by molar-refractivity contribution is -0.142. The number of methoxy groups -OCH3 is 6. The number of carbonyl (C=O) groups excluding carboxylic acids is 2. The van der Waals surface area contributed by atoms with Crippen molar-refractivity contribution in [3.05, 3.63) is 82.9 Å². The first kappa shape index (κ1) is 38.0. The molecule has 6 rings (SSSR count). The number of hydrogen-bond donors (Lipinski definition) is 2. The predicted molar refractivity (Wildman–Crippen MR) is 198 cm³/mol. The Morgan fingerprint density at radius 1 is 0.481 bits per heavy atom. The second-order valence-electron chi connectivity index (χ2n) is 13.6. The van der Waals surface area contributed by atoms with E-state index in [0.717, 1.165) is 11.1 Å². The maximum atomic E-state index is 13.1. The summed E-state index contributed by atoms with van der Waals surface area (Å²) in [5.41, 5.74) is 3.88. The summed E-state index contributed by atoms with van der Waals surface area (Å²) < 4.78 is 43.9. The first-order valence-electron chi connectivity index (χ1n) is 17.7. The number of cyclic esters (lactones) is 2. The molecule has 0 amide bonds. The third kappa shape index (κ3) is 7.78. The monoisotopic (exact) mass is 742 g/mol. The van der Waals surface area contributed by atoms with E-state index in [4.69, 9.17) is 37.9 Å². The average Bonchev–Trinajstić information content (AvgIpc) is 3.71. The molecule has 0 spiro atoms. The molecule has 2 saturated heterocycles. The largest absolute Gasteiger partial charge is 0.504 e. The zero-order valence-electron chi connectivity index (χ0n) is 31.3. The number of aromatic hydroxyl groups is 2. The van der Waals surface area contributed by atoms with Crippen molar-refractivity contribution in [2.24, 2.45) is 23.7 Å². The van der Waals surface area contributed by atoms with Crippen molar-refractivity contribution in [2.45, 2.75) is 25.7 Å². The number of ether oxygens (including phenoxy) is 8. The molecule has 0 radical (unpaired) electrons. The Bertz CT molecular complexity index is 1860. The molecule has 2 aliphatic rings. The van der Waals surface area contributed by atoms with Crippen molar-refractivity contribution in [3.63, 3.8) is 0 Å². The van der Waals surface area contributed by atoms with E-state index in [1.807, 2.05) is 36.4 Å². The quantitative estimate of drug-likeness (QED) is 0.138. The number of carbonyl (C=O) groups is 2. The van der Waals surface area contributed by atoms with Crippen LogP contribution in [0, 0.1) is 23.7 Å². The highest BCUT2D eigenvalue weighted by Gasteiger charge is 2.39. The van der Waals surface area contributed by atoms with Gasteiger partial charge >= 0.3 is 11.9 Å². The lowest BCUT2D eigenvalue weighted by Gasteiger charge is -2.20. The predicted octanol–water partition coefficient (Wildman–Crippen LogP) is 5.97. The molecule has 2 N–H and O–H groups in total. The fraction of sp³-hybridized carbons (Fsp3) is 0.381. The van der Waals surface area contributed by atoms with Crippen LogP contribution in [0.1, 0.15) is 22.3 Å². The number of phenols is 2. The number of hydrogen-bond acceptors (Lipinski definition) is 12. The number of benzene rings is 4. The normalized spacial score (nSPS) is 19.2. The Labute approximate surface area is 314 Å². The van der Waals surface area contributed by atoms with E-state index in [1.54, 1.807) is 52.7 Å². The minimum atomic E-state index is -0.481. The summed E-state index contributed by atoms with van der Waals surface area (Å²) in [5, 5.41) is 22.9. The van der Waals surface area contributed by atoms with Crippen LogP contribution in [0.2, 0.25) is 0 Å². The molecule has 0 aliphatic carbocycles. The number of phenolic OH excluding ortho intramolecular Hbond substituents is 2. The minimum Gasteiger partial charge on any atom is -0.504 e. The van der Waals surface area contributed by atoms with Crippen LogP contribution in [0.3, 0.4) is 0 Å². The van der Waals surface area contributed by atoms with E-state index in [0.29, 0.717) is 59.8 Å². The Balaban J connectivity index is 1.29. The van der Waals surface area contributed by atoms with Gasteiger partial charge in [0.2, 0.25) is 0 Å². The fourth-order valence-electron chi connectivity index (χ4n) is 7.53. The van der Waals surface area contributed by atoms with Gasteiger partial charge in [-0.05, 0) is 96.5 Å². The summed E-state index contributed by atoms with van der Waals surface area (Å²) in [6.07, 6.45) is 1.72. The van der Waals surface area contributed by atoms with Gasteiger partial charge in [-0.1, -0.05) is 12.1 Å². The van der Waals surface area contributed by atoms with Crippen molar-refractivity contribution < 1.29 is 57.7 Å². The van der Waals surface area contributed by atoms with Crippen LogP contribution >= 0.6 is 0 Å². The summed E-state index contributed by atoms with van der Waals surface area (Å²) >= 11 is 0. The fourth-order valence-corrected chi connectivity index (χ4v) is 7.53. The second-order valence-corrected chi connectivity index (χ2v) is 13.6. The third-order valence-corrected chi connectivity index (χ3v) is 10.4. The van der Waals surface area contributed by atoms with Gasteiger partial charge in [-0.2, -0.15) is 0 Å². The molecule has 0 bridgehead atoms. The molecule has 2 aliphatic heterocycles. The van der Waals surface area contributed by atoms with Crippen LogP contribution < -0.4 is 28.4 Å². The van der Waals surface area contributed by atoms with E-state index in [1.165, 1.54) is 14.2 Å². The Morgan fingerprint density at radius 2 is 0.833 bits per heavy atom. The van der Waals surface area contributed by atoms with Crippen LogP contribution in [0.15, 0.2) is 60.7 Å². The highest BCUT2D eigenvalue weighted by molar-refractivity contribution is 5.82. The summed E-state index contributed by atoms with van der Waals surface area (Å²) in [6, 6.07) is 18.2. The standard InChI is InChI=1S/C42H46O12/c1-47-33-9-7-23(17-35(33)49-3)11-27-21-53-41(45)29(27)13-25-15-31(39(43)37(19-25)51-5)32-16-26(20-38(52-6)40(32)44)14-30-28(22-54-42(30)46)12-24-8-10-34(48-2)36(18-24)50-4/h7-10,15-20,27-30,43-44H,11-14,21-22H2,1-6H3/t27-,28-,29+,30+/m0/s1. The van der Waals surface area contributed by atoms with Crippen molar-refractivity contribution in [1.82, 2.24) is 0 Å². The summed E-state index contributed by atoms with van der Waals surface area (Å²) in [6.45, 7) is 0.521. The molecular formula is C42H46O12. The van der Waals surface area contributed by atoms with E-state index in [9.17, 15) is 19.8 Å². The summed E-state index contributed by atoms with van der Waals surface area (Å²) in [7, 11) is 9.18. The third-order valence-electron chi connectivity index (χ3n) is 10.4. The molecule has 4 aromatic rings. The molecule has 4 aromatic carbocycles. The SMILES string of the molecule is COc1ccc(C[C@H]2COC(=O)[C@@H]2Cc2cc(OC)c(O)c(-c3cc(C[C@H]4C(=O)OC[C@@H]4Cc4ccc(OC)c(OC)c4)cc(OC)c3O)c2)cc1OC. The molecule has 2 fully saturated rings. The Hall–Kier alpha value is -5.78. The van der Waals surface area contributed by atoms with Gasteiger partial charge in [-0.25, -0.2) is 0 Å². The van der Waals surface area contributed by atoms with Gasteiger partial charge in [0.15, 0.2) is 46.0 Å². The van der Waals surface area contributed by atoms with Crippen molar-refractivity contribution >= 4 is 11.9 Å². The Kier molecular flexibility index (Phi) is 11.6. The molecule has 54 heavy (non-hydrogen) atoms. The van der Waals surface area contributed by atoms with Crippen molar-refractivity contribution in [3.8, 4) is 57.1 Å². The topological polar surface area (TPSA) is 148 Å². The van der Waals surface area contributed by atoms with Gasteiger partial charge in [0.1, 0.15) is 0 Å². The smallest absolute Gasteiger partial charge is 0.309 e. The number of rotatable bonds is 15. The molecular weight excluding hydrogens is 696 g/mol. The maximum Gasteiger partial charge on any atom is 0.309 e. The van der Waals surface area contributed by atoms with Crippen LogP contribution in [0.4, 0.5) is 0 Å². The molecule has 12 nitrogen and oxygen atoms in total. The van der Waals surface area contributed by atoms with Gasteiger partial charge in [-0.3, -0.25) is 9.59 Å². The Morgan fingerprint density at radius 3 is 1.19 bits per heavy atom. The zero-order chi connectivity index (χ0) is 38.5. The minimum absolute atomic E-state index is 0.131. The maximum absolute atomic E-state index is 13.1. The van der Waals surface area contributed by atoms with E-state index >= 15 is 0 Å². The second kappa shape index (κ2) is 16.5. The average molecular weight is 743 g/mol. The van der Waals surface area contributed by atoms with Crippen LogP contribution in [0.25, 0.3) is 11.1 Å².